The van der Waals surface area contributed by atoms with Crippen molar-refractivity contribution in [2.24, 2.45) is 0 Å². The Kier molecular flexibility index (Phi) is 4.88. The van der Waals surface area contributed by atoms with Crippen LogP contribution in [0.4, 0.5) is 5.82 Å². The standard InChI is InChI=1S/C19H21N5O4S/c25-6-12-15(26)16(27)19(28-12)24-9-22-14-17(20-8-21-18(14)24)23-11-5-10-3-1-2-4-13(10)29-7-11/h1-4,8-9,11-12,15-16,19,25-27H,5-7H2,(H,20,21,23)/t11?,12-,15-,16-,19-/m1/s1. The van der Waals surface area contributed by atoms with Gasteiger partial charge in [-0.25, -0.2) is 15.0 Å². The molecule has 10 heteroatoms. The molecule has 0 bridgehead atoms. The number of aliphatic hydroxyl groups excluding tert-OH is 3. The Hall–Kier alpha value is -2.24. The fraction of sp³-hybridized carbons (Fsp3) is 0.421. The van der Waals surface area contributed by atoms with Gasteiger partial charge in [-0.1, -0.05) is 18.2 Å². The number of nitrogens with one attached hydrogen (secondary N) is 1. The highest BCUT2D eigenvalue weighted by Gasteiger charge is 2.44. The summed E-state index contributed by atoms with van der Waals surface area (Å²) < 4.78 is 7.17. The number of thioether (sulfide) groups is 1. The third-order valence-electron chi connectivity index (χ3n) is 5.37. The summed E-state index contributed by atoms with van der Waals surface area (Å²) in [6.07, 6.45) is -0.268. The van der Waals surface area contributed by atoms with Crippen molar-refractivity contribution >= 4 is 28.7 Å². The molecule has 2 aliphatic heterocycles. The minimum absolute atomic E-state index is 0.201. The fourth-order valence-corrected chi connectivity index (χ4v) is 4.96. The van der Waals surface area contributed by atoms with Crippen LogP contribution in [0.5, 0.6) is 0 Å². The van der Waals surface area contributed by atoms with Crippen molar-refractivity contribution in [1.82, 2.24) is 19.5 Å². The number of aliphatic hydroxyl groups is 3. The molecule has 9 nitrogen and oxygen atoms in total. The summed E-state index contributed by atoms with van der Waals surface area (Å²) in [4.78, 5) is 14.4. The number of nitrogens with zero attached hydrogens (tertiary/aromatic N) is 4. The van der Waals surface area contributed by atoms with E-state index < -0.39 is 24.5 Å². The average Bonchev–Trinajstić information content (AvgIpc) is 3.30. The Morgan fingerprint density at radius 3 is 2.86 bits per heavy atom. The lowest BCUT2D eigenvalue weighted by Gasteiger charge is -2.25. The summed E-state index contributed by atoms with van der Waals surface area (Å²) in [5.74, 6) is 1.53. The van der Waals surface area contributed by atoms with Gasteiger partial charge in [0.2, 0.25) is 0 Å². The molecule has 0 spiro atoms. The summed E-state index contributed by atoms with van der Waals surface area (Å²) in [5.41, 5.74) is 2.36. The zero-order chi connectivity index (χ0) is 20.0. The number of hydrogen-bond donors (Lipinski definition) is 4. The third kappa shape index (κ3) is 3.26. The molecule has 5 rings (SSSR count). The molecule has 152 valence electrons. The second-order valence-corrected chi connectivity index (χ2v) is 8.30. The van der Waals surface area contributed by atoms with Gasteiger partial charge >= 0.3 is 0 Å². The lowest BCUT2D eigenvalue weighted by molar-refractivity contribution is -0.0511. The van der Waals surface area contributed by atoms with E-state index in [9.17, 15) is 15.3 Å². The van der Waals surface area contributed by atoms with Crippen LogP contribution in [0.1, 0.15) is 11.8 Å². The van der Waals surface area contributed by atoms with Crippen LogP contribution in [0.2, 0.25) is 0 Å². The van der Waals surface area contributed by atoms with E-state index in [1.165, 1.54) is 23.1 Å². The molecule has 1 aromatic carbocycles. The maximum atomic E-state index is 10.3. The summed E-state index contributed by atoms with van der Waals surface area (Å²) in [7, 11) is 0. The van der Waals surface area contributed by atoms with Gasteiger partial charge in [-0.2, -0.15) is 0 Å². The molecule has 29 heavy (non-hydrogen) atoms. The zero-order valence-electron chi connectivity index (χ0n) is 15.4. The molecule has 0 saturated carbocycles. The van der Waals surface area contributed by atoms with Crippen LogP contribution in [0.3, 0.4) is 0 Å². The van der Waals surface area contributed by atoms with Crippen LogP contribution in [-0.4, -0.2) is 71.6 Å². The SMILES string of the molecule is OC[C@H]1O[C@@H](n2cnc3c(NC4CSc5ccccc5C4)ncnc32)[C@H](O)[C@@H]1O. The normalized spacial score (nSPS) is 29.1. The summed E-state index contributed by atoms with van der Waals surface area (Å²) >= 11 is 1.81. The van der Waals surface area contributed by atoms with Crippen molar-refractivity contribution in [3.8, 4) is 0 Å². The Bertz CT molecular complexity index is 1030. The molecule has 0 amide bonds. The first kappa shape index (κ1) is 18.8. The zero-order valence-corrected chi connectivity index (χ0v) is 16.2. The van der Waals surface area contributed by atoms with Crippen molar-refractivity contribution in [3.05, 3.63) is 42.5 Å². The monoisotopic (exact) mass is 415 g/mol. The molecule has 0 radical (unpaired) electrons. The minimum Gasteiger partial charge on any atom is -0.394 e. The van der Waals surface area contributed by atoms with Gasteiger partial charge in [0.05, 0.1) is 12.9 Å². The number of fused-ring (bicyclic) bond motifs is 2. The Labute approximate surface area is 170 Å². The molecule has 1 fully saturated rings. The highest BCUT2D eigenvalue weighted by atomic mass is 32.2. The molecule has 0 aliphatic carbocycles. The van der Waals surface area contributed by atoms with E-state index in [-0.39, 0.29) is 12.6 Å². The number of benzene rings is 1. The van der Waals surface area contributed by atoms with E-state index in [0.29, 0.717) is 17.0 Å². The van der Waals surface area contributed by atoms with Gasteiger partial charge in [0, 0.05) is 16.7 Å². The predicted octanol–water partition coefficient (Wildman–Crippen LogP) is 0.567. The Morgan fingerprint density at radius 2 is 2.03 bits per heavy atom. The van der Waals surface area contributed by atoms with Crippen LogP contribution in [-0.2, 0) is 11.2 Å². The van der Waals surface area contributed by atoms with Gasteiger partial charge in [-0.15, -0.1) is 11.8 Å². The van der Waals surface area contributed by atoms with Gasteiger partial charge in [-0.3, -0.25) is 4.57 Å². The van der Waals surface area contributed by atoms with Crippen LogP contribution >= 0.6 is 11.8 Å². The van der Waals surface area contributed by atoms with E-state index in [1.54, 1.807) is 4.57 Å². The molecular formula is C19H21N5O4S. The lowest BCUT2D eigenvalue weighted by Crippen LogP contribution is -2.33. The molecule has 1 saturated heterocycles. The van der Waals surface area contributed by atoms with E-state index in [0.717, 1.165) is 12.2 Å². The smallest absolute Gasteiger partial charge is 0.167 e. The largest absolute Gasteiger partial charge is 0.394 e. The second-order valence-electron chi connectivity index (χ2n) is 7.24. The number of rotatable bonds is 4. The van der Waals surface area contributed by atoms with Crippen molar-refractivity contribution in [1.29, 1.82) is 0 Å². The first-order valence-electron chi connectivity index (χ1n) is 9.43. The van der Waals surface area contributed by atoms with E-state index in [1.807, 2.05) is 17.8 Å². The maximum Gasteiger partial charge on any atom is 0.167 e. The molecule has 3 aromatic rings. The molecule has 1 unspecified atom stereocenters. The quantitative estimate of drug-likeness (QED) is 0.484. The Morgan fingerprint density at radius 1 is 1.17 bits per heavy atom. The highest BCUT2D eigenvalue weighted by molar-refractivity contribution is 7.99. The number of anilines is 1. The predicted molar refractivity (Wildman–Crippen MR) is 107 cm³/mol. The molecule has 5 atom stereocenters. The molecule has 4 N–H and O–H groups in total. The molecule has 2 aromatic heterocycles. The van der Waals surface area contributed by atoms with Crippen LogP contribution < -0.4 is 5.32 Å². The number of hydrogen-bond acceptors (Lipinski definition) is 9. The van der Waals surface area contributed by atoms with Crippen LogP contribution in [0.15, 0.2) is 41.8 Å². The van der Waals surface area contributed by atoms with Crippen molar-refractivity contribution in [2.45, 2.75) is 41.9 Å². The molecule has 4 heterocycles. The maximum absolute atomic E-state index is 10.3. The van der Waals surface area contributed by atoms with Crippen molar-refractivity contribution in [2.75, 3.05) is 17.7 Å². The van der Waals surface area contributed by atoms with E-state index in [2.05, 4.69) is 38.5 Å². The van der Waals surface area contributed by atoms with Crippen LogP contribution in [0, 0.1) is 0 Å². The number of aromatic nitrogens is 4. The topological polar surface area (TPSA) is 126 Å². The first-order valence-corrected chi connectivity index (χ1v) is 10.4. The fourth-order valence-electron chi connectivity index (χ4n) is 3.87. The van der Waals surface area contributed by atoms with Gasteiger partial charge in [0.15, 0.2) is 23.2 Å². The molecular weight excluding hydrogens is 394 g/mol. The molecule has 2 aliphatic rings. The summed E-state index contributed by atoms with van der Waals surface area (Å²) in [5, 5.41) is 33.1. The summed E-state index contributed by atoms with van der Waals surface area (Å²) in [6.45, 7) is -0.385. The number of imidazole rings is 1. The highest BCUT2D eigenvalue weighted by Crippen LogP contribution is 2.34. The van der Waals surface area contributed by atoms with Crippen LogP contribution in [0.25, 0.3) is 11.2 Å². The van der Waals surface area contributed by atoms with Gasteiger partial charge in [0.1, 0.15) is 24.6 Å². The Balaban J connectivity index is 1.41. The first-order chi connectivity index (χ1) is 14.2. The van der Waals surface area contributed by atoms with Gasteiger partial charge in [-0.05, 0) is 18.1 Å². The average molecular weight is 415 g/mol. The minimum atomic E-state index is -1.19. The van der Waals surface area contributed by atoms with Gasteiger partial charge in [0.25, 0.3) is 0 Å². The van der Waals surface area contributed by atoms with Crippen molar-refractivity contribution in [3.63, 3.8) is 0 Å². The van der Waals surface area contributed by atoms with Gasteiger partial charge < -0.3 is 25.4 Å². The van der Waals surface area contributed by atoms with E-state index in [4.69, 9.17) is 4.74 Å². The lowest BCUT2D eigenvalue weighted by atomic mass is 10.1. The third-order valence-corrected chi connectivity index (χ3v) is 6.65. The van der Waals surface area contributed by atoms with Crippen molar-refractivity contribution < 1.29 is 20.1 Å². The summed E-state index contributed by atoms with van der Waals surface area (Å²) in [6, 6.07) is 8.59. The second kappa shape index (κ2) is 7.54. The van der Waals surface area contributed by atoms with E-state index >= 15 is 0 Å². The number of ether oxygens (including phenoxy) is 1.